The normalized spacial score (nSPS) is 10.9. The van der Waals surface area contributed by atoms with Crippen LogP contribution in [0, 0.1) is 6.92 Å². The van der Waals surface area contributed by atoms with Crippen LogP contribution in [-0.2, 0) is 14.8 Å². The molecule has 0 fully saturated rings. The van der Waals surface area contributed by atoms with E-state index in [1.165, 1.54) is 11.2 Å². The molecule has 0 saturated carbocycles. The Bertz CT molecular complexity index is 941. The highest BCUT2D eigenvalue weighted by atomic mass is 32.2. The fraction of sp³-hybridized carbons (Fsp3) is 0.263. The summed E-state index contributed by atoms with van der Waals surface area (Å²) in [5.74, 6) is -0.503. The summed E-state index contributed by atoms with van der Waals surface area (Å²) in [7, 11) is -3.56. The Morgan fingerprint density at radius 1 is 1.07 bits per heavy atom. The highest BCUT2D eigenvalue weighted by molar-refractivity contribution is 7.92. The first-order valence-corrected chi connectivity index (χ1v) is 10.2. The standard InChI is InChI=1S/C19H23N3O4S/c1-14-7-4-5-10-18(14)19(24)20-11-12-22(27(3,25)26)17-9-6-8-16(13-17)21-15(2)23/h4-10,13H,11-12H2,1-3H3,(H,20,24)(H,21,23). The first kappa shape index (κ1) is 20.4. The van der Waals surface area contributed by atoms with Crippen molar-refractivity contribution in [2.75, 3.05) is 29.0 Å². The average molecular weight is 389 g/mol. The summed E-state index contributed by atoms with van der Waals surface area (Å²) in [6.45, 7) is 3.43. The van der Waals surface area contributed by atoms with Crippen LogP contribution < -0.4 is 14.9 Å². The molecule has 0 aliphatic carbocycles. The molecule has 0 saturated heterocycles. The van der Waals surface area contributed by atoms with Gasteiger partial charge in [-0.1, -0.05) is 24.3 Å². The molecule has 0 heterocycles. The molecule has 0 unspecified atom stereocenters. The lowest BCUT2D eigenvalue weighted by molar-refractivity contribution is -0.114. The minimum Gasteiger partial charge on any atom is -0.350 e. The van der Waals surface area contributed by atoms with Crippen LogP contribution in [0.1, 0.15) is 22.8 Å². The van der Waals surface area contributed by atoms with Crippen LogP contribution >= 0.6 is 0 Å². The number of nitrogens with one attached hydrogen (secondary N) is 2. The van der Waals surface area contributed by atoms with Gasteiger partial charge in [0.1, 0.15) is 0 Å². The molecule has 0 atom stereocenters. The predicted octanol–water partition coefficient (Wildman–Crippen LogP) is 2.15. The molecule has 2 aromatic carbocycles. The van der Waals surface area contributed by atoms with Crippen LogP contribution in [0.4, 0.5) is 11.4 Å². The third kappa shape index (κ3) is 5.82. The fourth-order valence-corrected chi connectivity index (χ4v) is 3.54. The lowest BCUT2D eigenvalue weighted by Gasteiger charge is -2.23. The first-order chi connectivity index (χ1) is 12.7. The zero-order chi connectivity index (χ0) is 20.0. The van der Waals surface area contributed by atoms with E-state index in [2.05, 4.69) is 10.6 Å². The number of sulfonamides is 1. The maximum atomic E-state index is 12.3. The molecule has 0 radical (unpaired) electrons. The largest absolute Gasteiger partial charge is 0.350 e. The van der Waals surface area contributed by atoms with Crippen LogP contribution in [0.3, 0.4) is 0 Å². The van der Waals surface area contributed by atoms with E-state index in [-0.39, 0.29) is 24.9 Å². The van der Waals surface area contributed by atoms with Gasteiger partial charge < -0.3 is 10.6 Å². The Balaban J connectivity index is 2.11. The minimum atomic E-state index is -3.56. The van der Waals surface area contributed by atoms with Crippen molar-refractivity contribution in [1.82, 2.24) is 5.32 Å². The van der Waals surface area contributed by atoms with Crippen molar-refractivity contribution in [3.63, 3.8) is 0 Å². The van der Waals surface area contributed by atoms with Gasteiger partial charge >= 0.3 is 0 Å². The second-order valence-corrected chi connectivity index (χ2v) is 8.04. The van der Waals surface area contributed by atoms with Gasteiger partial charge in [0.15, 0.2) is 0 Å². The van der Waals surface area contributed by atoms with Crippen LogP contribution in [0.5, 0.6) is 0 Å². The second-order valence-electron chi connectivity index (χ2n) is 6.14. The molecule has 0 bridgehead atoms. The summed E-state index contributed by atoms with van der Waals surface area (Å²) in [4.78, 5) is 23.5. The Morgan fingerprint density at radius 3 is 2.41 bits per heavy atom. The Morgan fingerprint density at radius 2 is 1.78 bits per heavy atom. The third-order valence-electron chi connectivity index (χ3n) is 3.84. The molecule has 8 heteroatoms. The molecule has 2 N–H and O–H groups in total. The molecule has 144 valence electrons. The molecule has 2 aromatic rings. The highest BCUT2D eigenvalue weighted by Gasteiger charge is 2.18. The monoisotopic (exact) mass is 389 g/mol. The van der Waals surface area contributed by atoms with E-state index < -0.39 is 10.0 Å². The van der Waals surface area contributed by atoms with E-state index in [4.69, 9.17) is 0 Å². The van der Waals surface area contributed by atoms with Crippen molar-refractivity contribution in [2.24, 2.45) is 0 Å². The Labute approximate surface area is 159 Å². The highest BCUT2D eigenvalue weighted by Crippen LogP contribution is 2.21. The molecule has 0 aliphatic heterocycles. The molecule has 27 heavy (non-hydrogen) atoms. The van der Waals surface area contributed by atoms with Gasteiger partial charge in [-0.3, -0.25) is 13.9 Å². The van der Waals surface area contributed by atoms with Gasteiger partial charge in [0, 0.05) is 24.7 Å². The van der Waals surface area contributed by atoms with E-state index in [1.807, 2.05) is 19.1 Å². The second kappa shape index (κ2) is 8.68. The smallest absolute Gasteiger partial charge is 0.251 e. The predicted molar refractivity (Wildman–Crippen MR) is 106 cm³/mol. The number of hydrogen-bond acceptors (Lipinski definition) is 4. The van der Waals surface area contributed by atoms with Crippen LogP contribution in [0.15, 0.2) is 48.5 Å². The van der Waals surface area contributed by atoms with E-state index in [0.29, 0.717) is 16.9 Å². The number of amides is 2. The van der Waals surface area contributed by atoms with Gasteiger partial charge in [0.2, 0.25) is 15.9 Å². The minimum absolute atomic E-state index is 0.0694. The zero-order valence-corrected chi connectivity index (χ0v) is 16.3. The fourth-order valence-electron chi connectivity index (χ4n) is 2.62. The number of benzene rings is 2. The van der Waals surface area contributed by atoms with Gasteiger partial charge in [0.05, 0.1) is 18.5 Å². The Hall–Kier alpha value is -2.87. The number of aryl methyl sites for hydroxylation is 1. The number of rotatable bonds is 7. The quantitative estimate of drug-likeness (QED) is 0.758. The number of carbonyl (C=O) groups is 2. The SMILES string of the molecule is CC(=O)Nc1cccc(N(CCNC(=O)c2ccccc2C)S(C)(=O)=O)c1. The van der Waals surface area contributed by atoms with E-state index in [1.54, 1.807) is 36.4 Å². The van der Waals surface area contributed by atoms with Gasteiger partial charge in [-0.2, -0.15) is 0 Å². The molecular weight excluding hydrogens is 366 g/mol. The van der Waals surface area contributed by atoms with E-state index in [9.17, 15) is 18.0 Å². The van der Waals surface area contributed by atoms with Gasteiger partial charge in [0.25, 0.3) is 5.91 Å². The maximum Gasteiger partial charge on any atom is 0.251 e. The first-order valence-electron chi connectivity index (χ1n) is 8.37. The molecule has 2 rings (SSSR count). The average Bonchev–Trinajstić information content (AvgIpc) is 2.57. The van der Waals surface area contributed by atoms with Crippen molar-refractivity contribution in [3.8, 4) is 0 Å². The van der Waals surface area contributed by atoms with Crippen molar-refractivity contribution in [2.45, 2.75) is 13.8 Å². The summed E-state index contributed by atoms with van der Waals surface area (Å²) >= 11 is 0. The van der Waals surface area contributed by atoms with Gasteiger partial charge in [-0.25, -0.2) is 8.42 Å². The number of hydrogen-bond donors (Lipinski definition) is 2. The van der Waals surface area contributed by atoms with Crippen molar-refractivity contribution in [3.05, 3.63) is 59.7 Å². The third-order valence-corrected chi connectivity index (χ3v) is 5.04. The number of anilines is 2. The molecular formula is C19H23N3O4S. The summed E-state index contributed by atoms with van der Waals surface area (Å²) in [6.07, 6.45) is 1.10. The van der Waals surface area contributed by atoms with Crippen molar-refractivity contribution in [1.29, 1.82) is 0 Å². The zero-order valence-electron chi connectivity index (χ0n) is 15.5. The number of nitrogens with zero attached hydrogens (tertiary/aromatic N) is 1. The Kier molecular flexibility index (Phi) is 6.57. The summed E-state index contributed by atoms with van der Waals surface area (Å²) in [5, 5.41) is 5.37. The van der Waals surface area contributed by atoms with Gasteiger partial charge in [-0.15, -0.1) is 0 Å². The molecule has 2 amide bonds. The lowest BCUT2D eigenvalue weighted by Crippen LogP contribution is -2.38. The van der Waals surface area contributed by atoms with Crippen molar-refractivity contribution < 1.29 is 18.0 Å². The lowest BCUT2D eigenvalue weighted by atomic mass is 10.1. The molecule has 0 spiro atoms. The number of carbonyl (C=O) groups excluding carboxylic acids is 2. The molecule has 0 aromatic heterocycles. The van der Waals surface area contributed by atoms with Crippen LogP contribution in [0.25, 0.3) is 0 Å². The van der Waals surface area contributed by atoms with Crippen LogP contribution in [0.2, 0.25) is 0 Å². The summed E-state index contributed by atoms with van der Waals surface area (Å²) in [5.41, 5.74) is 2.31. The molecule has 7 nitrogen and oxygen atoms in total. The van der Waals surface area contributed by atoms with Crippen molar-refractivity contribution >= 4 is 33.2 Å². The summed E-state index contributed by atoms with van der Waals surface area (Å²) < 4.78 is 25.6. The summed E-state index contributed by atoms with van der Waals surface area (Å²) in [6, 6.07) is 13.7. The van der Waals surface area contributed by atoms with E-state index in [0.717, 1.165) is 11.8 Å². The van der Waals surface area contributed by atoms with Gasteiger partial charge in [-0.05, 0) is 36.8 Å². The maximum absolute atomic E-state index is 12.3. The molecule has 0 aliphatic rings. The van der Waals surface area contributed by atoms with E-state index >= 15 is 0 Å². The topological polar surface area (TPSA) is 95.6 Å². The van der Waals surface area contributed by atoms with Crippen LogP contribution in [-0.4, -0.2) is 39.6 Å².